The first-order valence-corrected chi connectivity index (χ1v) is 9.08. The summed E-state index contributed by atoms with van der Waals surface area (Å²) in [6.45, 7) is 6.43. The molecule has 0 saturated heterocycles. The number of carboxylic acids is 1. The van der Waals surface area contributed by atoms with Crippen LogP contribution in [0, 0.1) is 11.8 Å². The van der Waals surface area contributed by atoms with Crippen molar-refractivity contribution >= 4 is 23.7 Å². The first kappa shape index (κ1) is 21.7. The lowest BCUT2D eigenvalue weighted by atomic mass is 9.92. The van der Waals surface area contributed by atoms with Gasteiger partial charge in [-0.15, -0.1) is 0 Å². The third kappa shape index (κ3) is 5.89. The molecule has 6 N–H and O–H groups in total. The fraction of sp³-hybridized carbons (Fsp3) is 0.765. The minimum Gasteiger partial charge on any atom is -0.481 e. The van der Waals surface area contributed by atoms with E-state index < -0.39 is 29.9 Å². The zero-order valence-corrected chi connectivity index (χ0v) is 15.8. The summed E-state index contributed by atoms with van der Waals surface area (Å²) in [5.74, 6) is -2.78. The molecule has 148 valence electrons. The number of aliphatic imine (C=N–C) groups is 1. The number of guanidine groups is 1. The van der Waals surface area contributed by atoms with E-state index in [-0.39, 0.29) is 30.6 Å². The molecule has 0 aromatic heterocycles. The number of hydrogen-bond acceptors (Lipinski definition) is 4. The lowest BCUT2D eigenvalue weighted by molar-refractivity contribution is -0.142. The number of nitrogens with zero attached hydrogens (tertiary/aromatic N) is 2. The minimum absolute atomic E-state index is 0.154. The predicted molar refractivity (Wildman–Crippen MR) is 98.2 cm³/mol. The van der Waals surface area contributed by atoms with Crippen LogP contribution in [0.3, 0.4) is 0 Å². The Balaban J connectivity index is 3.18. The number of rotatable bonds is 9. The molecule has 9 heteroatoms. The quantitative estimate of drug-likeness (QED) is 0.329. The van der Waals surface area contributed by atoms with Gasteiger partial charge in [-0.1, -0.05) is 13.8 Å². The van der Waals surface area contributed by atoms with Gasteiger partial charge in [0.15, 0.2) is 5.96 Å². The van der Waals surface area contributed by atoms with Crippen LogP contribution in [0.2, 0.25) is 0 Å². The van der Waals surface area contributed by atoms with E-state index >= 15 is 0 Å². The van der Waals surface area contributed by atoms with Crippen molar-refractivity contribution < 1.29 is 19.5 Å². The maximum Gasteiger partial charge on any atom is 0.306 e. The standard InChI is InChI=1S/C17H31N5O4/c1-4-6-22(7-5-2)15(24)14(20-10(3)23)12-8-11(16(25)26)9-13(12)21-17(18)19/h11-14H,4-9H2,1-3H3,(H,20,23)(H,25,26)(H4,18,19,21)/t11?,12-,13-,14+/m0/s1. The smallest absolute Gasteiger partial charge is 0.306 e. The van der Waals surface area contributed by atoms with E-state index in [0.717, 1.165) is 12.8 Å². The number of carboxylic acid groups (broad SMARTS) is 1. The zero-order valence-electron chi connectivity index (χ0n) is 15.8. The van der Waals surface area contributed by atoms with Crippen LogP contribution in [0.5, 0.6) is 0 Å². The molecule has 0 radical (unpaired) electrons. The largest absolute Gasteiger partial charge is 0.481 e. The molecule has 0 aromatic carbocycles. The molecule has 9 nitrogen and oxygen atoms in total. The second kappa shape index (κ2) is 9.98. The van der Waals surface area contributed by atoms with Crippen LogP contribution in [0.15, 0.2) is 4.99 Å². The summed E-state index contributed by atoms with van der Waals surface area (Å²) in [7, 11) is 0. The van der Waals surface area contributed by atoms with Crippen LogP contribution in [0.25, 0.3) is 0 Å². The summed E-state index contributed by atoms with van der Waals surface area (Å²) in [5.41, 5.74) is 11.0. The van der Waals surface area contributed by atoms with Crippen LogP contribution in [-0.2, 0) is 14.4 Å². The van der Waals surface area contributed by atoms with Crippen molar-refractivity contribution in [3.05, 3.63) is 0 Å². The Hall–Kier alpha value is -2.32. The highest BCUT2D eigenvalue weighted by Gasteiger charge is 2.45. The minimum atomic E-state index is -0.948. The number of nitrogens with two attached hydrogens (primary N) is 2. The van der Waals surface area contributed by atoms with Crippen molar-refractivity contribution in [3.63, 3.8) is 0 Å². The summed E-state index contributed by atoms with van der Waals surface area (Å²) in [4.78, 5) is 42.1. The van der Waals surface area contributed by atoms with E-state index in [2.05, 4.69) is 10.3 Å². The van der Waals surface area contributed by atoms with E-state index in [1.54, 1.807) is 4.90 Å². The van der Waals surface area contributed by atoms with E-state index in [1.165, 1.54) is 6.92 Å². The second-order valence-corrected chi connectivity index (χ2v) is 6.80. The van der Waals surface area contributed by atoms with E-state index in [0.29, 0.717) is 13.1 Å². The summed E-state index contributed by atoms with van der Waals surface area (Å²) in [5, 5.41) is 12.1. The van der Waals surface area contributed by atoms with Crippen LogP contribution in [-0.4, -0.2) is 58.9 Å². The van der Waals surface area contributed by atoms with Gasteiger partial charge in [0, 0.05) is 25.9 Å². The van der Waals surface area contributed by atoms with Gasteiger partial charge < -0.3 is 26.8 Å². The van der Waals surface area contributed by atoms with Crippen molar-refractivity contribution in [2.75, 3.05) is 13.1 Å². The molecule has 1 aliphatic carbocycles. The Kier molecular flexibility index (Phi) is 8.34. The monoisotopic (exact) mass is 369 g/mol. The molecule has 0 heterocycles. The Morgan fingerprint density at radius 2 is 1.77 bits per heavy atom. The van der Waals surface area contributed by atoms with Gasteiger partial charge >= 0.3 is 5.97 Å². The van der Waals surface area contributed by atoms with Gasteiger partial charge in [0.25, 0.3) is 0 Å². The molecule has 0 aliphatic heterocycles. The molecule has 0 bridgehead atoms. The zero-order chi connectivity index (χ0) is 19.9. The topological polar surface area (TPSA) is 151 Å². The lowest BCUT2D eigenvalue weighted by Crippen LogP contribution is -2.53. The van der Waals surface area contributed by atoms with Crippen molar-refractivity contribution in [3.8, 4) is 0 Å². The highest BCUT2D eigenvalue weighted by atomic mass is 16.4. The van der Waals surface area contributed by atoms with Crippen molar-refractivity contribution in [2.45, 2.75) is 58.5 Å². The van der Waals surface area contributed by atoms with Gasteiger partial charge in [-0.3, -0.25) is 14.4 Å². The normalized spacial score (nSPS) is 23.1. The second-order valence-electron chi connectivity index (χ2n) is 6.80. The molecule has 1 fully saturated rings. The Bertz CT molecular complexity index is 541. The molecule has 1 aliphatic rings. The number of amides is 2. The highest BCUT2D eigenvalue weighted by Crippen LogP contribution is 2.36. The molecule has 1 saturated carbocycles. The molecule has 4 atom stereocenters. The fourth-order valence-electron chi connectivity index (χ4n) is 3.59. The molecule has 2 amide bonds. The van der Waals surface area contributed by atoms with Crippen LogP contribution < -0.4 is 16.8 Å². The first-order chi connectivity index (χ1) is 12.2. The van der Waals surface area contributed by atoms with Gasteiger partial charge in [-0.25, -0.2) is 4.99 Å². The van der Waals surface area contributed by atoms with E-state index in [1.807, 2.05) is 13.8 Å². The van der Waals surface area contributed by atoms with E-state index in [4.69, 9.17) is 11.5 Å². The molecule has 0 spiro atoms. The van der Waals surface area contributed by atoms with Gasteiger partial charge in [-0.05, 0) is 25.7 Å². The van der Waals surface area contributed by atoms with E-state index in [9.17, 15) is 19.5 Å². The number of nitrogens with one attached hydrogen (secondary N) is 1. The molecule has 26 heavy (non-hydrogen) atoms. The van der Waals surface area contributed by atoms with Crippen LogP contribution in [0.1, 0.15) is 46.5 Å². The summed E-state index contributed by atoms with van der Waals surface area (Å²) in [6, 6.07) is -1.37. The Labute approximate surface area is 154 Å². The van der Waals surface area contributed by atoms with Crippen LogP contribution >= 0.6 is 0 Å². The summed E-state index contributed by atoms with van der Waals surface area (Å²) >= 11 is 0. The van der Waals surface area contributed by atoms with Crippen molar-refractivity contribution in [1.29, 1.82) is 0 Å². The van der Waals surface area contributed by atoms with Gasteiger partial charge in [-0.2, -0.15) is 0 Å². The SMILES string of the molecule is CCCN(CCC)C(=O)[C@H](NC(C)=O)[C@H]1CC(C(=O)O)C[C@@H]1N=C(N)N. The number of carbonyl (C=O) groups is 3. The van der Waals surface area contributed by atoms with Gasteiger partial charge in [0.05, 0.1) is 12.0 Å². The summed E-state index contributed by atoms with van der Waals surface area (Å²) < 4.78 is 0. The number of carbonyl (C=O) groups excluding carboxylic acids is 2. The Morgan fingerprint density at radius 1 is 1.19 bits per heavy atom. The number of aliphatic carboxylic acids is 1. The highest BCUT2D eigenvalue weighted by molar-refractivity contribution is 5.87. The molecule has 1 unspecified atom stereocenters. The average molecular weight is 369 g/mol. The fourth-order valence-corrected chi connectivity index (χ4v) is 3.59. The lowest BCUT2D eigenvalue weighted by Gasteiger charge is -2.32. The number of hydrogen-bond donors (Lipinski definition) is 4. The van der Waals surface area contributed by atoms with Crippen molar-refractivity contribution in [1.82, 2.24) is 10.2 Å². The molecule has 1 rings (SSSR count). The maximum absolute atomic E-state index is 13.1. The third-order valence-corrected chi connectivity index (χ3v) is 4.59. The van der Waals surface area contributed by atoms with Crippen molar-refractivity contribution in [2.24, 2.45) is 28.3 Å². The van der Waals surface area contributed by atoms with Crippen LogP contribution in [0.4, 0.5) is 0 Å². The first-order valence-electron chi connectivity index (χ1n) is 9.08. The Morgan fingerprint density at radius 3 is 2.19 bits per heavy atom. The third-order valence-electron chi connectivity index (χ3n) is 4.59. The summed E-state index contributed by atoms with van der Waals surface area (Å²) in [6.07, 6.45) is 2.05. The van der Waals surface area contributed by atoms with Gasteiger partial charge in [0.1, 0.15) is 6.04 Å². The maximum atomic E-state index is 13.1. The average Bonchev–Trinajstić information content (AvgIpc) is 2.94. The molecular formula is C17H31N5O4. The molecular weight excluding hydrogens is 338 g/mol. The molecule has 0 aromatic rings. The van der Waals surface area contributed by atoms with Gasteiger partial charge in [0.2, 0.25) is 11.8 Å². The predicted octanol–water partition coefficient (Wildman–Crippen LogP) is -0.107.